The monoisotopic (exact) mass is 362 g/mol. The molecule has 0 radical (unpaired) electrons. The highest BCUT2D eigenvalue weighted by molar-refractivity contribution is 6.45. The molecular weight excluding hydrogens is 347 g/mol. The molecule has 0 saturated carbocycles. The van der Waals surface area contributed by atoms with Crippen LogP contribution in [0.2, 0.25) is 0 Å². The topological polar surface area (TPSA) is 68.3 Å². The van der Waals surface area contributed by atoms with Gasteiger partial charge in [-0.3, -0.25) is 14.6 Å². The van der Waals surface area contributed by atoms with Crippen molar-refractivity contribution in [3.05, 3.63) is 90.5 Å². The maximum Gasteiger partial charge on any atom is 0.296 e. The van der Waals surface area contributed by atoms with E-state index in [2.05, 4.69) is 10.3 Å². The van der Waals surface area contributed by atoms with Crippen LogP contribution >= 0.6 is 0 Å². The van der Waals surface area contributed by atoms with Crippen LogP contribution in [0.4, 0.5) is 10.1 Å². The van der Waals surface area contributed by atoms with Crippen LogP contribution < -0.4 is 10.1 Å². The van der Waals surface area contributed by atoms with Gasteiger partial charge in [-0.15, -0.1) is 0 Å². The highest BCUT2D eigenvalue weighted by atomic mass is 19.1. The fourth-order valence-corrected chi connectivity index (χ4v) is 2.16. The Balaban J connectivity index is 1.57. The molecule has 0 aliphatic rings. The van der Waals surface area contributed by atoms with E-state index < -0.39 is 11.7 Å². The van der Waals surface area contributed by atoms with Crippen LogP contribution in [0.1, 0.15) is 5.56 Å². The van der Waals surface area contributed by atoms with Crippen molar-refractivity contribution in [3.8, 4) is 11.5 Å². The molecule has 134 valence electrons. The van der Waals surface area contributed by atoms with Crippen LogP contribution in [0, 0.1) is 5.82 Å². The van der Waals surface area contributed by atoms with Crippen molar-refractivity contribution < 1.29 is 18.7 Å². The molecule has 27 heavy (non-hydrogen) atoms. The second kappa shape index (κ2) is 8.53. The number of halogens is 1. The van der Waals surface area contributed by atoms with Gasteiger partial charge in [0.05, 0.1) is 0 Å². The fourth-order valence-electron chi connectivity index (χ4n) is 2.16. The third kappa shape index (κ3) is 5.34. The van der Waals surface area contributed by atoms with Gasteiger partial charge in [-0.25, -0.2) is 4.39 Å². The standard InChI is InChI=1S/C21H15FN2O3/c22-16-4-1-15(2-5-16)3-10-20(25)21(26)24-17-6-8-18(9-7-17)27-19-11-13-23-14-12-19/h1-14H,(H,24,26)/b10-3+. The Kier molecular flexibility index (Phi) is 5.69. The van der Waals surface area contributed by atoms with Crippen LogP contribution in [-0.2, 0) is 9.59 Å². The average molecular weight is 362 g/mol. The highest BCUT2D eigenvalue weighted by Gasteiger charge is 2.10. The number of pyridine rings is 1. The molecule has 3 aromatic rings. The molecule has 2 aromatic carbocycles. The van der Waals surface area contributed by atoms with Gasteiger partial charge in [-0.2, -0.15) is 0 Å². The van der Waals surface area contributed by atoms with E-state index in [4.69, 9.17) is 4.74 Å². The van der Waals surface area contributed by atoms with Crippen molar-refractivity contribution >= 4 is 23.5 Å². The molecule has 0 unspecified atom stereocenters. The van der Waals surface area contributed by atoms with Gasteiger partial charge < -0.3 is 10.1 Å². The fraction of sp³-hybridized carbons (Fsp3) is 0. The molecule has 0 aliphatic carbocycles. The average Bonchev–Trinajstić information content (AvgIpc) is 2.69. The third-order valence-corrected chi connectivity index (χ3v) is 3.52. The summed E-state index contributed by atoms with van der Waals surface area (Å²) in [6, 6.07) is 15.6. The molecule has 3 rings (SSSR count). The van der Waals surface area contributed by atoms with Gasteiger partial charge in [-0.05, 0) is 60.2 Å². The lowest BCUT2D eigenvalue weighted by Gasteiger charge is -2.07. The van der Waals surface area contributed by atoms with Gasteiger partial charge in [0, 0.05) is 18.1 Å². The predicted molar refractivity (Wildman–Crippen MR) is 99.8 cm³/mol. The Morgan fingerprint density at radius 1 is 0.889 bits per heavy atom. The molecule has 0 fully saturated rings. The van der Waals surface area contributed by atoms with E-state index >= 15 is 0 Å². The number of carbonyl (C=O) groups is 2. The summed E-state index contributed by atoms with van der Waals surface area (Å²) in [5.74, 6) is -0.621. The summed E-state index contributed by atoms with van der Waals surface area (Å²) in [5, 5.41) is 2.51. The molecule has 1 N–H and O–H groups in total. The maximum atomic E-state index is 12.8. The first-order valence-corrected chi connectivity index (χ1v) is 8.07. The Bertz CT molecular complexity index is 953. The van der Waals surface area contributed by atoms with E-state index in [-0.39, 0.29) is 5.82 Å². The van der Waals surface area contributed by atoms with E-state index in [1.54, 1.807) is 48.8 Å². The predicted octanol–water partition coefficient (Wildman–Crippen LogP) is 4.23. The second-order valence-corrected chi connectivity index (χ2v) is 5.51. The summed E-state index contributed by atoms with van der Waals surface area (Å²) in [4.78, 5) is 27.8. The summed E-state index contributed by atoms with van der Waals surface area (Å²) < 4.78 is 18.5. The summed E-state index contributed by atoms with van der Waals surface area (Å²) >= 11 is 0. The van der Waals surface area contributed by atoms with Crippen LogP contribution in [0.25, 0.3) is 6.08 Å². The van der Waals surface area contributed by atoms with E-state index in [0.717, 1.165) is 6.08 Å². The Labute approximate surface area is 155 Å². The summed E-state index contributed by atoms with van der Waals surface area (Å²) in [5.41, 5.74) is 1.08. The van der Waals surface area contributed by atoms with E-state index in [9.17, 15) is 14.0 Å². The largest absolute Gasteiger partial charge is 0.457 e. The number of nitrogens with zero attached hydrogens (tertiary/aromatic N) is 1. The number of amides is 1. The second-order valence-electron chi connectivity index (χ2n) is 5.51. The van der Waals surface area contributed by atoms with Crippen LogP contribution in [0.3, 0.4) is 0 Å². The van der Waals surface area contributed by atoms with E-state index in [1.165, 1.54) is 30.3 Å². The molecule has 0 atom stereocenters. The zero-order valence-corrected chi connectivity index (χ0v) is 14.1. The minimum Gasteiger partial charge on any atom is -0.457 e. The molecule has 1 aromatic heterocycles. The lowest BCUT2D eigenvalue weighted by atomic mass is 10.2. The molecule has 1 heterocycles. The number of nitrogens with one attached hydrogen (secondary N) is 1. The zero-order chi connectivity index (χ0) is 19.1. The Hall–Kier alpha value is -3.80. The number of hydrogen-bond acceptors (Lipinski definition) is 4. The van der Waals surface area contributed by atoms with Crippen molar-refractivity contribution in [1.82, 2.24) is 4.98 Å². The smallest absolute Gasteiger partial charge is 0.296 e. The number of ketones is 1. The van der Waals surface area contributed by atoms with Gasteiger partial charge in [0.2, 0.25) is 5.78 Å². The summed E-state index contributed by atoms with van der Waals surface area (Å²) in [7, 11) is 0. The normalized spacial score (nSPS) is 10.6. The molecule has 5 nitrogen and oxygen atoms in total. The van der Waals surface area contributed by atoms with Crippen LogP contribution in [-0.4, -0.2) is 16.7 Å². The van der Waals surface area contributed by atoms with Gasteiger partial charge in [0.1, 0.15) is 17.3 Å². The van der Waals surface area contributed by atoms with Crippen molar-refractivity contribution in [1.29, 1.82) is 0 Å². The lowest BCUT2D eigenvalue weighted by Crippen LogP contribution is -2.20. The number of ether oxygens (including phenoxy) is 1. The number of anilines is 1. The molecular formula is C21H15FN2O3. The molecule has 0 aliphatic heterocycles. The number of carbonyl (C=O) groups excluding carboxylic acids is 2. The lowest BCUT2D eigenvalue weighted by molar-refractivity contribution is -0.131. The summed E-state index contributed by atoms with van der Waals surface area (Å²) in [6.45, 7) is 0. The summed E-state index contributed by atoms with van der Waals surface area (Å²) in [6.07, 6.45) is 5.83. The molecule has 0 spiro atoms. The number of aromatic nitrogens is 1. The molecule has 1 amide bonds. The quantitative estimate of drug-likeness (QED) is 0.526. The van der Waals surface area contributed by atoms with Gasteiger partial charge in [0.25, 0.3) is 5.91 Å². The van der Waals surface area contributed by atoms with Crippen LogP contribution in [0.15, 0.2) is 79.1 Å². The number of rotatable bonds is 6. The number of hydrogen-bond donors (Lipinski definition) is 1. The molecule has 6 heteroatoms. The van der Waals surface area contributed by atoms with Crippen molar-refractivity contribution in [2.45, 2.75) is 0 Å². The van der Waals surface area contributed by atoms with Gasteiger partial charge >= 0.3 is 0 Å². The van der Waals surface area contributed by atoms with Crippen LogP contribution in [0.5, 0.6) is 11.5 Å². The van der Waals surface area contributed by atoms with Gasteiger partial charge in [0.15, 0.2) is 0 Å². The van der Waals surface area contributed by atoms with E-state index in [0.29, 0.717) is 22.7 Å². The minimum absolute atomic E-state index is 0.368. The van der Waals surface area contributed by atoms with Crippen molar-refractivity contribution in [2.24, 2.45) is 0 Å². The Morgan fingerprint density at radius 3 is 2.19 bits per heavy atom. The SMILES string of the molecule is O=C(/C=C/c1ccc(F)cc1)C(=O)Nc1ccc(Oc2ccncc2)cc1. The van der Waals surface area contributed by atoms with Crippen molar-refractivity contribution in [2.75, 3.05) is 5.32 Å². The molecule has 0 bridgehead atoms. The highest BCUT2D eigenvalue weighted by Crippen LogP contribution is 2.22. The maximum absolute atomic E-state index is 12.8. The third-order valence-electron chi connectivity index (χ3n) is 3.52. The zero-order valence-electron chi connectivity index (χ0n) is 14.1. The van der Waals surface area contributed by atoms with Gasteiger partial charge in [-0.1, -0.05) is 18.2 Å². The minimum atomic E-state index is -0.767. The first-order chi connectivity index (χ1) is 13.1. The molecule has 0 saturated heterocycles. The first-order valence-electron chi connectivity index (χ1n) is 8.07. The number of benzene rings is 2. The first kappa shape index (κ1) is 18.0. The Morgan fingerprint density at radius 2 is 1.52 bits per heavy atom. The van der Waals surface area contributed by atoms with E-state index in [1.807, 2.05) is 0 Å². The van der Waals surface area contributed by atoms with Crippen molar-refractivity contribution in [3.63, 3.8) is 0 Å².